The van der Waals surface area contributed by atoms with Gasteiger partial charge in [-0.05, 0) is 62.4 Å². The summed E-state index contributed by atoms with van der Waals surface area (Å²) in [6, 6.07) is 10.9. The molecule has 0 bridgehead atoms. The summed E-state index contributed by atoms with van der Waals surface area (Å²) in [4.78, 5) is 12.7. The average Bonchev–Trinajstić information content (AvgIpc) is 2.66. The van der Waals surface area contributed by atoms with E-state index < -0.39 is 10.0 Å². The number of amides is 1. The quantitative estimate of drug-likeness (QED) is 0.581. The normalized spacial score (nSPS) is 11.4. The predicted octanol–water partition coefficient (Wildman–Crippen LogP) is 2.90. The Morgan fingerprint density at radius 2 is 1.76 bits per heavy atom. The molecule has 0 saturated heterocycles. The molecule has 0 aromatic heterocycles. The van der Waals surface area contributed by atoms with Crippen LogP contribution in [0.3, 0.4) is 0 Å². The van der Waals surface area contributed by atoms with Crippen molar-refractivity contribution in [3.8, 4) is 0 Å². The predicted molar refractivity (Wildman–Crippen MR) is 115 cm³/mol. The Bertz CT molecular complexity index is 955. The van der Waals surface area contributed by atoms with Crippen LogP contribution in [-0.4, -0.2) is 41.1 Å². The third kappa shape index (κ3) is 6.66. The number of methoxy groups -OCH3 is 1. The number of ether oxygens (including phenoxy) is 1. The molecule has 0 aliphatic carbocycles. The van der Waals surface area contributed by atoms with Gasteiger partial charge in [0.2, 0.25) is 10.0 Å². The van der Waals surface area contributed by atoms with E-state index in [1.54, 1.807) is 13.0 Å². The van der Waals surface area contributed by atoms with E-state index in [0.717, 1.165) is 18.4 Å². The summed E-state index contributed by atoms with van der Waals surface area (Å²) >= 11 is 0. The van der Waals surface area contributed by atoms with Crippen LogP contribution in [0.2, 0.25) is 0 Å². The number of rotatable bonds is 10. The smallest absolute Gasteiger partial charge is 0.251 e. The van der Waals surface area contributed by atoms with Crippen molar-refractivity contribution in [1.82, 2.24) is 10.0 Å². The van der Waals surface area contributed by atoms with Gasteiger partial charge >= 0.3 is 0 Å². The molecule has 0 aliphatic heterocycles. The monoisotopic (exact) mass is 418 g/mol. The largest absolute Gasteiger partial charge is 0.383 e. The van der Waals surface area contributed by atoms with E-state index in [1.165, 1.54) is 35.9 Å². The molecule has 2 aromatic carbocycles. The van der Waals surface area contributed by atoms with Crippen LogP contribution in [0.1, 0.15) is 39.0 Å². The second-order valence-electron chi connectivity index (χ2n) is 7.16. The van der Waals surface area contributed by atoms with Crippen LogP contribution in [-0.2, 0) is 21.2 Å². The van der Waals surface area contributed by atoms with Crippen molar-refractivity contribution in [2.24, 2.45) is 0 Å². The van der Waals surface area contributed by atoms with E-state index in [9.17, 15) is 13.2 Å². The molecule has 7 heteroatoms. The molecule has 0 fully saturated rings. The van der Waals surface area contributed by atoms with Crippen molar-refractivity contribution in [3.05, 3.63) is 64.2 Å². The first kappa shape index (κ1) is 23.1. The van der Waals surface area contributed by atoms with Crippen LogP contribution in [0.4, 0.5) is 0 Å². The summed E-state index contributed by atoms with van der Waals surface area (Å²) in [5.41, 5.74) is 4.86. The minimum Gasteiger partial charge on any atom is -0.383 e. The van der Waals surface area contributed by atoms with Crippen molar-refractivity contribution in [2.75, 3.05) is 26.8 Å². The van der Waals surface area contributed by atoms with Gasteiger partial charge in [-0.1, -0.05) is 29.8 Å². The Labute approximate surface area is 173 Å². The zero-order valence-corrected chi connectivity index (χ0v) is 18.4. The van der Waals surface area contributed by atoms with E-state index in [4.69, 9.17) is 4.74 Å². The first-order valence-corrected chi connectivity index (χ1v) is 11.2. The van der Waals surface area contributed by atoms with E-state index in [-0.39, 0.29) is 24.0 Å². The molecule has 29 heavy (non-hydrogen) atoms. The Morgan fingerprint density at radius 3 is 2.45 bits per heavy atom. The zero-order chi connectivity index (χ0) is 21.4. The Balaban J connectivity index is 1.97. The van der Waals surface area contributed by atoms with Gasteiger partial charge in [-0.15, -0.1) is 0 Å². The molecule has 0 atom stereocenters. The van der Waals surface area contributed by atoms with Crippen molar-refractivity contribution in [3.63, 3.8) is 0 Å². The SMILES string of the molecule is COCCNS(=O)(=O)c1ccc(C)c(C(=O)NCCCc2ccc(C)cc2C)c1. The highest BCUT2D eigenvalue weighted by Gasteiger charge is 2.17. The molecule has 1 amide bonds. The molecule has 0 saturated carbocycles. The summed E-state index contributed by atoms with van der Waals surface area (Å²) in [5, 5.41) is 2.90. The summed E-state index contributed by atoms with van der Waals surface area (Å²) in [5.74, 6) is -0.267. The third-order valence-corrected chi connectivity index (χ3v) is 6.23. The first-order valence-electron chi connectivity index (χ1n) is 9.68. The summed E-state index contributed by atoms with van der Waals surface area (Å²) < 4.78 is 32.1. The Morgan fingerprint density at radius 1 is 1.00 bits per heavy atom. The summed E-state index contributed by atoms with van der Waals surface area (Å²) in [6.07, 6.45) is 1.69. The lowest BCUT2D eigenvalue weighted by Gasteiger charge is -2.12. The van der Waals surface area contributed by atoms with Gasteiger partial charge in [0.25, 0.3) is 5.91 Å². The average molecular weight is 419 g/mol. The maximum absolute atomic E-state index is 12.6. The summed E-state index contributed by atoms with van der Waals surface area (Å²) in [7, 11) is -2.18. The van der Waals surface area contributed by atoms with Crippen molar-refractivity contribution < 1.29 is 17.9 Å². The lowest BCUT2D eigenvalue weighted by atomic mass is 10.0. The number of nitrogens with one attached hydrogen (secondary N) is 2. The second-order valence-corrected chi connectivity index (χ2v) is 8.92. The van der Waals surface area contributed by atoms with Crippen LogP contribution in [0, 0.1) is 20.8 Å². The van der Waals surface area contributed by atoms with Crippen LogP contribution in [0.25, 0.3) is 0 Å². The highest BCUT2D eigenvalue weighted by molar-refractivity contribution is 7.89. The highest BCUT2D eigenvalue weighted by Crippen LogP contribution is 2.16. The molecular formula is C22H30N2O4S. The maximum Gasteiger partial charge on any atom is 0.251 e. The van der Waals surface area contributed by atoms with Gasteiger partial charge in [0.05, 0.1) is 11.5 Å². The number of sulfonamides is 1. The fourth-order valence-electron chi connectivity index (χ4n) is 3.08. The number of benzene rings is 2. The number of carbonyl (C=O) groups is 1. The van der Waals surface area contributed by atoms with Gasteiger partial charge in [-0.2, -0.15) is 0 Å². The maximum atomic E-state index is 12.6. The van der Waals surface area contributed by atoms with E-state index in [1.807, 2.05) is 0 Å². The standard InChI is InChI=1S/C22H30N2O4S/c1-16-7-9-19(18(3)14-16)6-5-11-23-22(25)21-15-20(10-8-17(21)2)29(26,27)24-12-13-28-4/h7-10,14-15,24H,5-6,11-13H2,1-4H3,(H,23,25). The minimum atomic E-state index is -3.68. The fraction of sp³-hybridized carbons (Fsp3) is 0.409. The zero-order valence-electron chi connectivity index (χ0n) is 17.5. The van der Waals surface area contributed by atoms with E-state index >= 15 is 0 Å². The lowest BCUT2D eigenvalue weighted by Crippen LogP contribution is -2.28. The van der Waals surface area contributed by atoms with E-state index in [0.29, 0.717) is 12.1 Å². The molecule has 158 valence electrons. The molecule has 0 heterocycles. The second kappa shape index (κ2) is 10.5. The van der Waals surface area contributed by atoms with Gasteiger partial charge in [0.15, 0.2) is 0 Å². The highest BCUT2D eigenvalue weighted by atomic mass is 32.2. The molecular weight excluding hydrogens is 388 g/mol. The minimum absolute atomic E-state index is 0.0691. The van der Waals surface area contributed by atoms with Crippen LogP contribution >= 0.6 is 0 Å². The van der Waals surface area contributed by atoms with Crippen LogP contribution in [0.5, 0.6) is 0 Å². The number of hydrogen-bond donors (Lipinski definition) is 2. The molecule has 0 spiro atoms. The molecule has 2 aromatic rings. The Hall–Kier alpha value is -2.22. The van der Waals surface area contributed by atoms with E-state index in [2.05, 4.69) is 42.1 Å². The van der Waals surface area contributed by atoms with Gasteiger partial charge < -0.3 is 10.1 Å². The summed E-state index contributed by atoms with van der Waals surface area (Å²) in [6.45, 7) is 6.93. The van der Waals surface area contributed by atoms with Gasteiger partial charge in [-0.3, -0.25) is 4.79 Å². The molecule has 6 nitrogen and oxygen atoms in total. The van der Waals surface area contributed by atoms with Gasteiger partial charge in [0, 0.05) is 25.8 Å². The first-order chi connectivity index (χ1) is 13.7. The third-order valence-electron chi connectivity index (χ3n) is 4.77. The fourth-order valence-corrected chi connectivity index (χ4v) is 4.12. The molecule has 2 rings (SSSR count). The number of aryl methyl sites for hydroxylation is 4. The molecule has 0 radical (unpaired) electrons. The van der Waals surface area contributed by atoms with Gasteiger partial charge in [-0.25, -0.2) is 13.1 Å². The van der Waals surface area contributed by atoms with Crippen molar-refractivity contribution in [2.45, 2.75) is 38.5 Å². The van der Waals surface area contributed by atoms with Gasteiger partial charge in [0.1, 0.15) is 0 Å². The topological polar surface area (TPSA) is 84.5 Å². The van der Waals surface area contributed by atoms with Crippen molar-refractivity contribution in [1.29, 1.82) is 0 Å². The van der Waals surface area contributed by atoms with Crippen LogP contribution < -0.4 is 10.0 Å². The molecule has 2 N–H and O–H groups in total. The molecule has 0 aliphatic rings. The Kier molecular flexibility index (Phi) is 8.37. The number of carbonyl (C=O) groups excluding carboxylic acids is 1. The van der Waals surface area contributed by atoms with Crippen molar-refractivity contribution >= 4 is 15.9 Å². The number of hydrogen-bond acceptors (Lipinski definition) is 4. The van der Waals surface area contributed by atoms with Crippen LogP contribution in [0.15, 0.2) is 41.3 Å². The molecule has 0 unspecified atom stereocenters. The lowest BCUT2D eigenvalue weighted by molar-refractivity contribution is 0.0952.